The van der Waals surface area contributed by atoms with Gasteiger partial charge in [-0.25, -0.2) is 22.2 Å². The molecule has 15 heteroatoms. The maximum Gasteiger partial charge on any atom is 0.306 e. The van der Waals surface area contributed by atoms with Crippen LogP contribution in [0.1, 0.15) is 89.2 Å². The first-order valence-corrected chi connectivity index (χ1v) is 21.6. The number of carbonyl (C=O) groups is 1. The highest BCUT2D eigenvalue weighted by Gasteiger charge is 2.47. The van der Waals surface area contributed by atoms with Crippen LogP contribution in [0, 0.1) is 29.4 Å². The van der Waals surface area contributed by atoms with Crippen LogP contribution < -0.4 is 5.32 Å². The number of likely N-dealkylation sites (N-methyl/N-ethyl adjacent to an activating group) is 1. The molecule has 3 aliphatic heterocycles. The zero-order chi connectivity index (χ0) is 39.8. The predicted octanol–water partition coefficient (Wildman–Crippen LogP) is 6.06. The van der Waals surface area contributed by atoms with Crippen molar-refractivity contribution in [3.05, 3.63) is 59.0 Å². The van der Waals surface area contributed by atoms with Crippen LogP contribution in [-0.4, -0.2) is 92.8 Å². The van der Waals surface area contributed by atoms with Gasteiger partial charge in [-0.05, 0) is 55.5 Å². The lowest BCUT2D eigenvalue weighted by Crippen LogP contribution is -2.49. The minimum absolute atomic E-state index is 0.00670. The van der Waals surface area contributed by atoms with Gasteiger partial charge in [0.2, 0.25) is 10.0 Å². The van der Waals surface area contributed by atoms with E-state index in [9.17, 15) is 27.1 Å². The third-order valence-corrected chi connectivity index (χ3v) is 12.8. The van der Waals surface area contributed by atoms with E-state index in [1.807, 2.05) is 20.8 Å². The van der Waals surface area contributed by atoms with E-state index in [0.717, 1.165) is 50.3 Å². The van der Waals surface area contributed by atoms with Gasteiger partial charge in [0.05, 0.1) is 43.2 Å². The molecule has 310 valence electrons. The Bertz CT molecular complexity index is 1860. The van der Waals surface area contributed by atoms with Crippen LogP contribution in [0.2, 0.25) is 0 Å². The van der Waals surface area contributed by atoms with Crippen molar-refractivity contribution in [3.63, 3.8) is 0 Å². The van der Waals surface area contributed by atoms with Gasteiger partial charge in [-0.1, -0.05) is 46.5 Å². The second-order valence-corrected chi connectivity index (χ2v) is 17.7. The van der Waals surface area contributed by atoms with E-state index in [1.54, 1.807) is 6.07 Å². The summed E-state index contributed by atoms with van der Waals surface area (Å²) in [5.41, 5.74) is 1.51. The summed E-state index contributed by atoms with van der Waals surface area (Å²) in [6.07, 6.45) is 3.22. The van der Waals surface area contributed by atoms with E-state index < -0.39 is 52.0 Å². The molecule has 12 nitrogen and oxygen atoms in total. The molecule has 0 bridgehead atoms. The number of nitrogens with one attached hydrogen (secondary N) is 1. The van der Waals surface area contributed by atoms with Crippen LogP contribution in [0.25, 0.3) is 11.1 Å². The SMILES string of the molecule is CCN[C@H]1CO[C@@H]2OCC[C@H](OC(=O)C[C@@H](Cc3cc(F)cc(F)c3)[C@H](O)CN3CCCCCCCCOCc4cc5nc(CC(C)C)oc5cc4S3(=O)=O)[C@@H]21. The molecule has 2 saturated heterocycles. The number of aliphatic hydroxyl groups is 1. The Morgan fingerprint density at radius 1 is 1.02 bits per heavy atom. The summed E-state index contributed by atoms with van der Waals surface area (Å²) >= 11 is 0. The molecule has 6 rings (SSSR count). The van der Waals surface area contributed by atoms with Gasteiger partial charge in [-0.2, -0.15) is 4.31 Å². The fourth-order valence-corrected chi connectivity index (χ4v) is 9.82. The van der Waals surface area contributed by atoms with Crippen molar-refractivity contribution in [2.45, 2.75) is 121 Å². The summed E-state index contributed by atoms with van der Waals surface area (Å²) in [6.45, 7) is 7.76. The van der Waals surface area contributed by atoms with E-state index in [4.69, 9.17) is 23.4 Å². The number of ether oxygens (including phenoxy) is 4. The fraction of sp³-hybridized carbons (Fsp3) is 0.659. The average molecular weight is 806 g/mol. The number of hydrogen-bond acceptors (Lipinski definition) is 11. The van der Waals surface area contributed by atoms with E-state index in [2.05, 4.69) is 10.3 Å². The standard InChI is InChI=1S/C41H57F2N3O9S/c1-4-44-33-25-53-41-40(33)35(11-14-52-41)55-39(48)20-28(16-27-17-30(42)21-31(43)18-27)34(47)23-46-12-9-7-5-6-8-10-13-51-24-29-19-32-36(22-37(29)56(46,49)50)54-38(45-32)15-26(2)3/h17-19,21-22,26,28,33-35,40-41,44,47H,4-16,20,23-25H2,1-3H3/t28-,33+,34-,35+,40+,41+/m1/s1. The number of aliphatic hydroxyl groups excluding tert-OH is 1. The second-order valence-electron chi connectivity index (χ2n) is 15.8. The molecular formula is C41H57F2N3O9S. The number of aromatic nitrogens is 1. The number of halogens is 2. The molecule has 0 spiro atoms. The first-order chi connectivity index (χ1) is 26.9. The van der Waals surface area contributed by atoms with Crippen LogP contribution in [-0.2, 0) is 53.2 Å². The summed E-state index contributed by atoms with van der Waals surface area (Å²) < 4.78 is 89.3. The number of carbonyl (C=O) groups excluding carboxylic acids is 1. The Kier molecular flexibility index (Phi) is 14.9. The Balaban J connectivity index is 1.29. The lowest BCUT2D eigenvalue weighted by Gasteiger charge is -2.35. The highest BCUT2D eigenvalue weighted by atomic mass is 32.2. The molecule has 2 N–H and O–H groups in total. The van der Waals surface area contributed by atoms with Crippen molar-refractivity contribution < 1.29 is 50.5 Å². The van der Waals surface area contributed by atoms with Crippen molar-refractivity contribution in [1.29, 1.82) is 0 Å². The Morgan fingerprint density at radius 2 is 1.77 bits per heavy atom. The highest BCUT2D eigenvalue weighted by molar-refractivity contribution is 7.89. The van der Waals surface area contributed by atoms with Gasteiger partial charge in [0.1, 0.15) is 23.3 Å². The topological polar surface area (TPSA) is 150 Å². The minimum Gasteiger partial charge on any atom is -0.462 e. The van der Waals surface area contributed by atoms with Crippen molar-refractivity contribution in [3.8, 4) is 0 Å². The first kappa shape index (κ1) is 42.6. The smallest absolute Gasteiger partial charge is 0.306 e. The third kappa shape index (κ3) is 10.9. The van der Waals surface area contributed by atoms with Gasteiger partial charge >= 0.3 is 5.97 Å². The molecule has 3 aliphatic rings. The number of benzene rings is 2. The molecule has 0 radical (unpaired) electrons. The highest BCUT2D eigenvalue weighted by Crippen LogP contribution is 2.34. The molecule has 2 fully saturated rings. The molecule has 0 aliphatic carbocycles. The monoisotopic (exact) mass is 805 g/mol. The molecule has 3 aromatic rings. The van der Waals surface area contributed by atoms with Crippen molar-refractivity contribution in [1.82, 2.24) is 14.6 Å². The van der Waals surface area contributed by atoms with E-state index >= 15 is 0 Å². The lowest BCUT2D eigenvalue weighted by atomic mass is 9.89. The summed E-state index contributed by atoms with van der Waals surface area (Å²) in [4.78, 5) is 18.4. The molecule has 4 heterocycles. The van der Waals surface area contributed by atoms with E-state index in [0.29, 0.717) is 68.2 Å². The maximum absolute atomic E-state index is 14.8. The molecule has 0 saturated carbocycles. The van der Waals surface area contributed by atoms with Crippen molar-refractivity contribution in [2.75, 3.05) is 39.5 Å². The quantitative estimate of drug-likeness (QED) is 0.206. The third-order valence-electron chi connectivity index (χ3n) is 10.9. The number of nitrogens with zero attached hydrogens (tertiary/aromatic N) is 2. The molecule has 0 unspecified atom stereocenters. The van der Waals surface area contributed by atoms with E-state index in [-0.39, 0.29) is 60.9 Å². The molecule has 1 aromatic heterocycles. The molecule has 0 amide bonds. The number of fused-ring (bicyclic) bond motifs is 3. The van der Waals surface area contributed by atoms with Gasteiger partial charge in [-0.15, -0.1) is 0 Å². The lowest BCUT2D eigenvalue weighted by molar-refractivity contribution is -0.196. The molecule has 56 heavy (non-hydrogen) atoms. The van der Waals surface area contributed by atoms with Crippen LogP contribution in [0.3, 0.4) is 0 Å². The zero-order valence-corrected chi connectivity index (χ0v) is 33.5. The first-order valence-electron chi connectivity index (χ1n) is 20.2. The number of esters is 1. The van der Waals surface area contributed by atoms with Gasteiger partial charge < -0.3 is 33.8 Å². The molecule has 2 aromatic carbocycles. The van der Waals surface area contributed by atoms with Crippen molar-refractivity contribution in [2.24, 2.45) is 17.8 Å². The second kappa shape index (κ2) is 19.6. The number of sulfonamides is 1. The fourth-order valence-electron chi connectivity index (χ4n) is 8.12. The van der Waals surface area contributed by atoms with Gasteiger partial charge in [0.15, 0.2) is 17.8 Å². The Hall–Kier alpha value is -3.05. The normalized spacial score (nSPS) is 25.0. The van der Waals surface area contributed by atoms with E-state index in [1.165, 1.54) is 10.4 Å². The van der Waals surface area contributed by atoms with Gasteiger partial charge in [-0.3, -0.25) is 4.79 Å². The number of rotatable bonds is 12. The number of β-amino-alcohol motifs (C(OH)–C–C–N with tert-alkyl or cyclic N) is 1. The summed E-state index contributed by atoms with van der Waals surface area (Å²) in [5.74, 6) is -2.63. The van der Waals surface area contributed by atoms with Crippen molar-refractivity contribution >= 4 is 27.1 Å². The van der Waals surface area contributed by atoms with Crippen LogP contribution in [0.4, 0.5) is 8.78 Å². The van der Waals surface area contributed by atoms with Gasteiger partial charge in [0, 0.05) is 62.2 Å². The number of hydrogen-bond donors (Lipinski definition) is 2. The zero-order valence-electron chi connectivity index (χ0n) is 32.7. The maximum atomic E-state index is 14.8. The predicted molar refractivity (Wildman–Crippen MR) is 204 cm³/mol. The van der Waals surface area contributed by atoms with Crippen LogP contribution in [0.5, 0.6) is 0 Å². The Morgan fingerprint density at radius 3 is 2.52 bits per heavy atom. The minimum atomic E-state index is -4.29. The van der Waals surface area contributed by atoms with Crippen LogP contribution >= 0.6 is 0 Å². The summed E-state index contributed by atoms with van der Waals surface area (Å²) in [6, 6.07) is 6.16. The summed E-state index contributed by atoms with van der Waals surface area (Å²) in [5, 5.41) is 15.4. The average Bonchev–Trinajstić information content (AvgIpc) is 3.73. The van der Waals surface area contributed by atoms with Crippen LogP contribution in [0.15, 0.2) is 39.6 Å². The largest absolute Gasteiger partial charge is 0.462 e. The van der Waals surface area contributed by atoms with Gasteiger partial charge in [0.25, 0.3) is 0 Å². The molecular weight excluding hydrogens is 749 g/mol. The summed E-state index contributed by atoms with van der Waals surface area (Å²) in [7, 11) is -4.29. The Labute approximate surface area is 328 Å². The molecule has 6 atom stereocenters. The number of oxazole rings is 1.